The maximum Gasteiger partial charge on any atom is 0.240 e. The number of rotatable bonds is 8. The number of halogens is 1. The molecular weight excluding hydrogens is 427 g/mol. The molecular formula is C25H27FN2O3S. The summed E-state index contributed by atoms with van der Waals surface area (Å²) < 4.78 is 46.6. The van der Waals surface area contributed by atoms with E-state index >= 15 is 0 Å². The fourth-order valence-corrected chi connectivity index (χ4v) is 4.97. The van der Waals surface area contributed by atoms with E-state index in [-0.39, 0.29) is 17.2 Å². The second-order valence-corrected chi connectivity index (χ2v) is 9.55. The third kappa shape index (κ3) is 5.11. The van der Waals surface area contributed by atoms with Crippen LogP contribution in [0.2, 0.25) is 0 Å². The zero-order valence-corrected chi connectivity index (χ0v) is 18.9. The summed E-state index contributed by atoms with van der Waals surface area (Å²) >= 11 is 0. The van der Waals surface area contributed by atoms with Crippen molar-refractivity contribution in [2.75, 3.05) is 24.6 Å². The molecule has 1 aliphatic rings. The highest BCUT2D eigenvalue weighted by Crippen LogP contribution is 2.25. The second-order valence-electron chi connectivity index (χ2n) is 7.78. The molecule has 168 valence electrons. The lowest BCUT2D eigenvalue weighted by Crippen LogP contribution is -2.30. The summed E-state index contributed by atoms with van der Waals surface area (Å²) in [4.78, 5) is 2.24. The number of fused-ring (bicyclic) bond motifs is 1. The number of nitrogens with zero attached hydrogens (tertiary/aromatic N) is 1. The number of ether oxygens (including phenoxy) is 1. The van der Waals surface area contributed by atoms with E-state index in [4.69, 9.17) is 4.74 Å². The van der Waals surface area contributed by atoms with Gasteiger partial charge < -0.3 is 9.64 Å². The molecule has 0 fully saturated rings. The minimum absolute atomic E-state index is 0.0451. The maximum atomic E-state index is 14.0. The summed E-state index contributed by atoms with van der Waals surface area (Å²) in [5, 5.41) is 0. The molecule has 32 heavy (non-hydrogen) atoms. The van der Waals surface area contributed by atoms with Crippen LogP contribution in [0.4, 0.5) is 10.1 Å². The van der Waals surface area contributed by atoms with Crippen molar-refractivity contribution in [2.45, 2.75) is 31.2 Å². The quantitative estimate of drug-likeness (QED) is 0.551. The van der Waals surface area contributed by atoms with Gasteiger partial charge in [0.2, 0.25) is 10.0 Å². The van der Waals surface area contributed by atoms with Crippen molar-refractivity contribution in [3.63, 3.8) is 0 Å². The molecule has 3 aromatic rings. The summed E-state index contributed by atoms with van der Waals surface area (Å²) in [5.41, 5.74) is 4.98. The Morgan fingerprint density at radius 2 is 1.78 bits per heavy atom. The van der Waals surface area contributed by atoms with E-state index in [0.29, 0.717) is 13.0 Å². The van der Waals surface area contributed by atoms with Crippen LogP contribution in [-0.4, -0.2) is 28.1 Å². The third-order valence-electron chi connectivity index (χ3n) is 5.65. The van der Waals surface area contributed by atoms with Gasteiger partial charge in [0.25, 0.3) is 0 Å². The molecule has 7 heteroatoms. The van der Waals surface area contributed by atoms with Gasteiger partial charge in [0, 0.05) is 25.3 Å². The van der Waals surface area contributed by atoms with Crippen molar-refractivity contribution >= 4 is 15.7 Å². The maximum absolute atomic E-state index is 14.0. The van der Waals surface area contributed by atoms with E-state index in [2.05, 4.69) is 46.0 Å². The van der Waals surface area contributed by atoms with E-state index in [1.165, 1.54) is 23.3 Å². The van der Waals surface area contributed by atoms with Gasteiger partial charge in [-0.05, 0) is 66.8 Å². The number of anilines is 1. The molecule has 0 saturated heterocycles. The van der Waals surface area contributed by atoms with Crippen LogP contribution in [0.3, 0.4) is 0 Å². The van der Waals surface area contributed by atoms with Crippen molar-refractivity contribution < 1.29 is 17.5 Å². The molecule has 0 radical (unpaired) electrons. The third-order valence-corrected chi connectivity index (χ3v) is 7.11. The summed E-state index contributed by atoms with van der Waals surface area (Å²) in [5.74, 6) is -0.644. The van der Waals surface area contributed by atoms with Gasteiger partial charge in [-0.3, -0.25) is 0 Å². The van der Waals surface area contributed by atoms with Gasteiger partial charge in [-0.1, -0.05) is 36.4 Å². The highest BCUT2D eigenvalue weighted by atomic mass is 32.2. The van der Waals surface area contributed by atoms with Crippen molar-refractivity contribution in [1.82, 2.24) is 4.72 Å². The highest BCUT2D eigenvalue weighted by molar-refractivity contribution is 7.89. The molecule has 0 saturated carbocycles. The highest BCUT2D eigenvalue weighted by Gasteiger charge is 2.17. The first-order chi connectivity index (χ1) is 15.5. The average molecular weight is 455 g/mol. The Morgan fingerprint density at radius 1 is 1.03 bits per heavy atom. The molecule has 0 amide bonds. The summed E-state index contributed by atoms with van der Waals surface area (Å²) in [6, 6.07) is 20.4. The molecule has 0 atom stereocenters. The Hall–Kier alpha value is -2.90. The first-order valence-electron chi connectivity index (χ1n) is 10.8. The molecule has 0 unspecified atom stereocenters. The molecule has 0 aliphatic carbocycles. The number of benzene rings is 3. The zero-order valence-electron chi connectivity index (χ0n) is 18.1. The van der Waals surface area contributed by atoms with E-state index in [9.17, 15) is 12.8 Å². The largest absolute Gasteiger partial charge is 0.491 e. The smallest absolute Gasteiger partial charge is 0.240 e. The number of sulfonamides is 1. The van der Waals surface area contributed by atoms with Gasteiger partial charge >= 0.3 is 0 Å². The first-order valence-corrected chi connectivity index (χ1v) is 12.3. The minimum Gasteiger partial charge on any atom is -0.491 e. The fraction of sp³-hybridized carbons (Fsp3) is 0.280. The Kier molecular flexibility index (Phi) is 6.77. The predicted octanol–water partition coefficient (Wildman–Crippen LogP) is 4.31. The van der Waals surface area contributed by atoms with Gasteiger partial charge in [0.05, 0.1) is 11.5 Å². The van der Waals surface area contributed by atoms with E-state index in [1.54, 1.807) is 6.92 Å². The van der Waals surface area contributed by atoms with Crippen LogP contribution in [0.15, 0.2) is 71.6 Å². The van der Waals surface area contributed by atoms with Crippen molar-refractivity contribution in [3.05, 3.63) is 89.2 Å². The SMILES string of the molecule is CCOc1ccc(S(=O)(=O)NCCc2ccc(N3CCc4ccccc4C3)cc2)cc1F. The molecule has 0 aromatic heterocycles. The first kappa shape index (κ1) is 22.3. The topological polar surface area (TPSA) is 58.6 Å². The zero-order chi connectivity index (χ0) is 22.6. The second kappa shape index (κ2) is 9.71. The lowest BCUT2D eigenvalue weighted by atomic mass is 9.99. The summed E-state index contributed by atoms with van der Waals surface area (Å²) in [7, 11) is -3.79. The summed E-state index contributed by atoms with van der Waals surface area (Å²) in [6.45, 7) is 4.16. The molecule has 4 rings (SSSR count). The lowest BCUT2D eigenvalue weighted by molar-refractivity contribution is 0.321. The van der Waals surface area contributed by atoms with Crippen LogP contribution in [0.5, 0.6) is 5.75 Å². The number of hydrogen-bond donors (Lipinski definition) is 1. The Morgan fingerprint density at radius 3 is 2.50 bits per heavy atom. The van der Waals surface area contributed by atoms with Gasteiger partial charge in [-0.25, -0.2) is 17.5 Å². The van der Waals surface area contributed by atoms with Crippen molar-refractivity contribution in [2.24, 2.45) is 0 Å². The van der Waals surface area contributed by atoms with Crippen LogP contribution >= 0.6 is 0 Å². The Balaban J connectivity index is 1.33. The van der Waals surface area contributed by atoms with E-state index in [1.807, 2.05) is 12.1 Å². The molecule has 1 heterocycles. The molecule has 0 bridgehead atoms. The minimum atomic E-state index is -3.79. The molecule has 3 aromatic carbocycles. The average Bonchev–Trinajstić information content (AvgIpc) is 2.80. The molecule has 1 N–H and O–H groups in total. The van der Waals surface area contributed by atoms with Gasteiger partial charge in [-0.2, -0.15) is 0 Å². The van der Waals surface area contributed by atoms with Crippen LogP contribution in [-0.2, 0) is 29.4 Å². The van der Waals surface area contributed by atoms with Crippen molar-refractivity contribution in [1.29, 1.82) is 0 Å². The van der Waals surface area contributed by atoms with Crippen molar-refractivity contribution in [3.8, 4) is 5.75 Å². The van der Waals surface area contributed by atoms with Crippen LogP contribution in [0, 0.1) is 5.82 Å². The Labute approximate surface area is 188 Å². The monoisotopic (exact) mass is 454 g/mol. The van der Waals surface area contributed by atoms with Gasteiger partial charge in [0.1, 0.15) is 0 Å². The fourth-order valence-electron chi connectivity index (χ4n) is 3.92. The van der Waals surface area contributed by atoms with Gasteiger partial charge in [-0.15, -0.1) is 0 Å². The standard InChI is InChI=1S/C25H27FN2O3S/c1-2-31-25-12-11-23(17-24(25)26)32(29,30)27-15-13-19-7-9-22(10-8-19)28-16-14-20-5-3-4-6-21(20)18-28/h3-12,17,27H,2,13-16,18H2,1H3. The molecule has 5 nitrogen and oxygen atoms in total. The lowest BCUT2D eigenvalue weighted by Gasteiger charge is -2.30. The Bertz CT molecular complexity index is 1180. The number of hydrogen-bond acceptors (Lipinski definition) is 4. The van der Waals surface area contributed by atoms with Crippen LogP contribution < -0.4 is 14.4 Å². The molecule has 1 aliphatic heterocycles. The van der Waals surface area contributed by atoms with E-state index in [0.717, 1.165) is 36.8 Å². The molecule has 0 spiro atoms. The van der Waals surface area contributed by atoms with Gasteiger partial charge in [0.15, 0.2) is 11.6 Å². The normalized spacial score (nSPS) is 13.6. The number of nitrogens with one attached hydrogen (secondary N) is 1. The predicted molar refractivity (Wildman–Crippen MR) is 124 cm³/mol. The summed E-state index contributed by atoms with van der Waals surface area (Å²) in [6.07, 6.45) is 1.58. The van der Waals surface area contributed by atoms with Crippen LogP contribution in [0.25, 0.3) is 0 Å². The van der Waals surface area contributed by atoms with E-state index < -0.39 is 15.8 Å². The van der Waals surface area contributed by atoms with Crippen LogP contribution in [0.1, 0.15) is 23.6 Å².